The summed E-state index contributed by atoms with van der Waals surface area (Å²) in [5.74, 6) is 1.52. The number of hydrogen-bond acceptors (Lipinski definition) is 0. The maximum Gasteiger partial charge on any atom is 0.0438 e. The molecule has 0 nitrogen and oxygen atoms in total. The fourth-order valence-corrected chi connectivity index (χ4v) is 2.74. The van der Waals surface area contributed by atoms with E-state index in [-0.39, 0.29) is 0 Å². The van der Waals surface area contributed by atoms with Gasteiger partial charge in [-0.05, 0) is 41.9 Å². The van der Waals surface area contributed by atoms with Gasteiger partial charge in [0.25, 0.3) is 0 Å². The van der Waals surface area contributed by atoms with E-state index in [9.17, 15) is 0 Å². The van der Waals surface area contributed by atoms with E-state index < -0.39 is 0 Å². The Bertz CT molecular complexity index is 504. The molecule has 0 amide bonds. The highest BCUT2D eigenvalue weighted by Crippen LogP contribution is 2.49. The summed E-state index contributed by atoms with van der Waals surface area (Å²) in [5.41, 5.74) is 2.77. The van der Waals surface area contributed by atoms with Crippen LogP contribution in [-0.2, 0) is 6.42 Å². The standard InChI is InChI=1S/C16H15Cl/c17-16-9-5-4-8-13(16)10-14-11-15(14)12-6-2-1-3-7-12/h1-9,14-15H,10-11H2. The minimum absolute atomic E-state index is 0.743. The van der Waals surface area contributed by atoms with Gasteiger partial charge in [-0.15, -0.1) is 0 Å². The lowest BCUT2D eigenvalue weighted by Crippen LogP contribution is -1.91. The van der Waals surface area contributed by atoms with Gasteiger partial charge in [0.2, 0.25) is 0 Å². The van der Waals surface area contributed by atoms with Crippen LogP contribution in [0.3, 0.4) is 0 Å². The number of hydrogen-bond donors (Lipinski definition) is 0. The van der Waals surface area contributed by atoms with Gasteiger partial charge in [0, 0.05) is 5.02 Å². The fraction of sp³-hybridized carbons (Fsp3) is 0.250. The molecule has 0 spiro atoms. The molecule has 0 aromatic heterocycles. The zero-order chi connectivity index (χ0) is 11.7. The van der Waals surface area contributed by atoms with Crippen molar-refractivity contribution in [3.8, 4) is 0 Å². The Morgan fingerprint density at radius 3 is 2.41 bits per heavy atom. The van der Waals surface area contributed by atoms with Crippen LogP contribution in [0.5, 0.6) is 0 Å². The molecule has 1 aliphatic rings. The van der Waals surface area contributed by atoms with Gasteiger partial charge in [-0.3, -0.25) is 0 Å². The molecule has 17 heavy (non-hydrogen) atoms. The molecule has 0 heterocycles. The average molecular weight is 243 g/mol. The molecule has 2 unspecified atom stereocenters. The summed E-state index contributed by atoms with van der Waals surface area (Å²) in [6, 6.07) is 19.0. The van der Waals surface area contributed by atoms with Gasteiger partial charge in [0.15, 0.2) is 0 Å². The Labute approximate surface area is 107 Å². The average Bonchev–Trinajstić information content (AvgIpc) is 3.13. The lowest BCUT2D eigenvalue weighted by atomic mass is 10.0. The van der Waals surface area contributed by atoms with Crippen LogP contribution in [0.2, 0.25) is 5.02 Å². The molecule has 0 radical (unpaired) electrons. The number of halogens is 1. The maximum absolute atomic E-state index is 6.19. The van der Waals surface area contributed by atoms with E-state index in [1.807, 2.05) is 12.1 Å². The van der Waals surface area contributed by atoms with Crippen molar-refractivity contribution in [1.82, 2.24) is 0 Å². The third-order valence-corrected chi connectivity index (χ3v) is 3.96. The largest absolute Gasteiger partial charge is 0.0840 e. The van der Waals surface area contributed by atoms with Crippen molar-refractivity contribution in [3.05, 3.63) is 70.7 Å². The van der Waals surface area contributed by atoms with Crippen LogP contribution < -0.4 is 0 Å². The summed E-state index contributed by atoms with van der Waals surface area (Å²) in [6.07, 6.45) is 2.41. The quantitative estimate of drug-likeness (QED) is 0.733. The zero-order valence-corrected chi connectivity index (χ0v) is 10.4. The molecule has 3 rings (SSSR count). The van der Waals surface area contributed by atoms with Crippen molar-refractivity contribution >= 4 is 11.6 Å². The zero-order valence-electron chi connectivity index (χ0n) is 9.64. The third-order valence-electron chi connectivity index (χ3n) is 3.59. The van der Waals surface area contributed by atoms with Gasteiger partial charge >= 0.3 is 0 Å². The molecule has 1 saturated carbocycles. The Morgan fingerprint density at radius 1 is 0.941 bits per heavy atom. The van der Waals surface area contributed by atoms with Crippen molar-refractivity contribution in [2.45, 2.75) is 18.8 Å². The number of benzene rings is 2. The summed E-state index contributed by atoms with van der Waals surface area (Å²) in [4.78, 5) is 0. The Balaban J connectivity index is 1.69. The van der Waals surface area contributed by atoms with E-state index in [4.69, 9.17) is 11.6 Å². The van der Waals surface area contributed by atoms with Gasteiger partial charge in [0.1, 0.15) is 0 Å². The predicted octanol–water partition coefficient (Wildman–Crippen LogP) is 4.69. The first kappa shape index (κ1) is 10.9. The Hall–Kier alpha value is -1.27. The van der Waals surface area contributed by atoms with Crippen LogP contribution in [0.15, 0.2) is 54.6 Å². The van der Waals surface area contributed by atoms with Crippen molar-refractivity contribution in [2.75, 3.05) is 0 Å². The van der Waals surface area contributed by atoms with E-state index in [1.165, 1.54) is 17.5 Å². The summed E-state index contributed by atoms with van der Waals surface area (Å²) in [6.45, 7) is 0. The number of rotatable bonds is 3. The Morgan fingerprint density at radius 2 is 1.65 bits per heavy atom. The molecule has 1 aliphatic carbocycles. The fourth-order valence-electron chi connectivity index (χ4n) is 2.53. The van der Waals surface area contributed by atoms with E-state index in [0.29, 0.717) is 0 Å². The highest BCUT2D eigenvalue weighted by Gasteiger charge is 2.38. The predicted molar refractivity (Wildman–Crippen MR) is 72.4 cm³/mol. The molecule has 0 bridgehead atoms. The van der Waals surface area contributed by atoms with Gasteiger partial charge in [-0.25, -0.2) is 0 Å². The minimum atomic E-state index is 0.743. The van der Waals surface area contributed by atoms with Gasteiger partial charge in [0.05, 0.1) is 0 Å². The maximum atomic E-state index is 6.19. The van der Waals surface area contributed by atoms with E-state index in [2.05, 4.69) is 42.5 Å². The van der Waals surface area contributed by atoms with Crippen LogP contribution in [0.4, 0.5) is 0 Å². The molecule has 2 aromatic carbocycles. The highest BCUT2D eigenvalue weighted by molar-refractivity contribution is 6.31. The molecule has 2 aromatic rings. The summed E-state index contributed by atoms with van der Waals surface area (Å²) in [5, 5.41) is 0.909. The van der Waals surface area contributed by atoms with Crippen LogP contribution in [0, 0.1) is 5.92 Å². The summed E-state index contributed by atoms with van der Waals surface area (Å²) >= 11 is 6.19. The van der Waals surface area contributed by atoms with Gasteiger partial charge < -0.3 is 0 Å². The monoisotopic (exact) mass is 242 g/mol. The lowest BCUT2D eigenvalue weighted by molar-refractivity contribution is 0.795. The summed E-state index contributed by atoms with van der Waals surface area (Å²) in [7, 11) is 0. The second kappa shape index (κ2) is 4.54. The van der Waals surface area contributed by atoms with Gasteiger partial charge in [-0.1, -0.05) is 60.1 Å². The molecular weight excluding hydrogens is 228 g/mol. The molecule has 0 aliphatic heterocycles. The SMILES string of the molecule is Clc1ccccc1CC1CC1c1ccccc1. The molecular formula is C16H15Cl. The second-order valence-corrected chi connectivity index (χ2v) is 5.22. The topological polar surface area (TPSA) is 0 Å². The van der Waals surface area contributed by atoms with Crippen molar-refractivity contribution in [1.29, 1.82) is 0 Å². The summed E-state index contributed by atoms with van der Waals surface area (Å²) < 4.78 is 0. The molecule has 2 atom stereocenters. The molecule has 1 fully saturated rings. The van der Waals surface area contributed by atoms with Crippen molar-refractivity contribution < 1.29 is 0 Å². The van der Waals surface area contributed by atoms with Crippen LogP contribution in [-0.4, -0.2) is 0 Å². The first-order valence-electron chi connectivity index (χ1n) is 6.13. The molecule has 0 saturated heterocycles. The normalized spacial score (nSPS) is 22.4. The molecule has 1 heteroatoms. The third kappa shape index (κ3) is 2.37. The second-order valence-electron chi connectivity index (χ2n) is 4.81. The molecule has 0 N–H and O–H groups in total. The van der Waals surface area contributed by atoms with Crippen LogP contribution in [0.1, 0.15) is 23.5 Å². The van der Waals surface area contributed by atoms with E-state index in [0.717, 1.165) is 23.3 Å². The highest BCUT2D eigenvalue weighted by atomic mass is 35.5. The smallest absolute Gasteiger partial charge is 0.0438 e. The van der Waals surface area contributed by atoms with Crippen LogP contribution >= 0.6 is 11.6 Å². The molecule has 86 valence electrons. The Kier molecular flexibility index (Phi) is 2.90. The first-order chi connectivity index (χ1) is 8.34. The van der Waals surface area contributed by atoms with Crippen molar-refractivity contribution in [3.63, 3.8) is 0 Å². The lowest BCUT2D eigenvalue weighted by Gasteiger charge is -2.03. The van der Waals surface area contributed by atoms with Crippen molar-refractivity contribution in [2.24, 2.45) is 5.92 Å². The van der Waals surface area contributed by atoms with Gasteiger partial charge in [-0.2, -0.15) is 0 Å². The minimum Gasteiger partial charge on any atom is -0.0840 e. The van der Waals surface area contributed by atoms with Crippen LogP contribution in [0.25, 0.3) is 0 Å². The first-order valence-corrected chi connectivity index (χ1v) is 6.51. The van der Waals surface area contributed by atoms with E-state index >= 15 is 0 Å². The van der Waals surface area contributed by atoms with E-state index in [1.54, 1.807) is 0 Å².